The number of hydrogen-bond donors (Lipinski definition) is 0. The average Bonchev–Trinajstić information content (AvgIpc) is 3.00. The summed E-state index contributed by atoms with van der Waals surface area (Å²) in [7, 11) is 0. The molecule has 2 atom stereocenters. The maximum atomic E-state index is 12.0. The molecule has 1 aromatic rings. The SMILES string of the molecule is CCOC(=O)[C@]1(C)C[C@@]1(CBr)c1ccccc1. The zero-order valence-electron chi connectivity index (χ0n) is 10.2. The van der Waals surface area contributed by atoms with Crippen molar-refractivity contribution in [1.29, 1.82) is 0 Å². The third-order valence-electron chi connectivity index (χ3n) is 3.87. The smallest absolute Gasteiger partial charge is 0.312 e. The van der Waals surface area contributed by atoms with E-state index in [1.165, 1.54) is 5.56 Å². The summed E-state index contributed by atoms with van der Waals surface area (Å²) in [6.45, 7) is 4.29. The highest BCUT2D eigenvalue weighted by Crippen LogP contribution is 2.65. The molecule has 0 aromatic heterocycles. The van der Waals surface area contributed by atoms with Crippen molar-refractivity contribution in [2.75, 3.05) is 11.9 Å². The molecule has 1 saturated carbocycles. The summed E-state index contributed by atoms with van der Waals surface area (Å²) in [6.07, 6.45) is 0.855. The van der Waals surface area contributed by atoms with Crippen LogP contribution in [0.4, 0.5) is 0 Å². The second-order valence-electron chi connectivity index (χ2n) is 4.81. The molecule has 1 aliphatic carbocycles. The van der Waals surface area contributed by atoms with E-state index in [1.807, 2.05) is 32.0 Å². The van der Waals surface area contributed by atoms with Gasteiger partial charge in [-0.15, -0.1) is 0 Å². The molecule has 0 heterocycles. The number of alkyl halides is 1. The molecular weight excluding hydrogens is 280 g/mol. The van der Waals surface area contributed by atoms with Gasteiger partial charge in [-0.25, -0.2) is 0 Å². The first kappa shape index (κ1) is 12.6. The summed E-state index contributed by atoms with van der Waals surface area (Å²) < 4.78 is 5.19. The maximum Gasteiger partial charge on any atom is 0.312 e. The highest BCUT2D eigenvalue weighted by atomic mass is 79.9. The number of hydrogen-bond acceptors (Lipinski definition) is 2. The van der Waals surface area contributed by atoms with Crippen molar-refractivity contribution in [2.24, 2.45) is 5.41 Å². The van der Waals surface area contributed by atoms with E-state index in [0.717, 1.165) is 11.8 Å². The summed E-state index contributed by atoms with van der Waals surface area (Å²) in [5.74, 6) is -0.0803. The van der Waals surface area contributed by atoms with Gasteiger partial charge in [-0.3, -0.25) is 4.79 Å². The van der Waals surface area contributed by atoms with Crippen LogP contribution in [0, 0.1) is 5.41 Å². The number of carbonyl (C=O) groups is 1. The van der Waals surface area contributed by atoms with Gasteiger partial charge in [0.05, 0.1) is 12.0 Å². The topological polar surface area (TPSA) is 26.3 Å². The van der Waals surface area contributed by atoms with Crippen LogP contribution in [-0.4, -0.2) is 17.9 Å². The Balaban J connectivity index is 2.29. The van der Waals surface area contributed by atoms with Crippen LogP contribution >= 0.6 is 15.9 Å². The molecule has 0 bridgehead atoms. The minimum atomic E-state index is -0.381. The summed E-state index contributed by atoms with van der Waals surface area (Å²) >= 11 is 3.56. The van der Waals surface area contributed by atoms with Gasteiger partial charge >= 0.3 is 5.97 Å². The fourth-order valence-corrected chi connectivity index (χ4v) is 3.71. The number of halogens is 1. The molecule has 0 aliphatic heterocycles. The van der Waals surface area contributed by atoms with Gasteiger partial charge in [-0.1, -0.05) is 46.3 Å². The lowest BCUT2D eigenvalue weighted by molar-refractivity contribution is -0.149. The number of ether oxygens (including phenoxy) is 1. The van der Waals surface area contributed by atoms with Crippen LogP contribution in [0.15, 0.2) is 30.3 Å². The summed E-state index contributed by atoms with van der Waals surface area (Å²) in [5, 5.41) is 0.791. The van der Waals surface area contributed by atoms with Gasteiger partial charge in [0.2, 0.25) is 0 Å². The van der Waals surface area contributed by atoms with Gasteiger partial charge in [0.25, 0.3) is 0 Å². The lowest BCUT2D eigenvalue weighted by Gasteiger charge is -2.20. The van der Waals surface area contributed by atoms with Crippen molar-refractivity contribution in [3.63, 3.8) is 0 Å². The Morgan fingerprint density at radius 3 is 2.59 bits per heavy atom. The number of esters is 1. The Bertz CT molecular complexity index is 417. The minimum Gasteiger partial charge on any atom is -0.466 e. The van der Waals surface area contributed by atoms with Crippen molar-refractivity contribution < 1.29 is 9.53 Å². The molecule has 0 unspecified atom stereocenters. The van der Waals surface area contributed by atoms with E-state index < -0.39 is 0 Å². The summed E-state index contributed by atoms with van der Waals surface area (Å²) in [6, 6.07) is 10.2. The standard InChI is InChI=1S/C14H17BrO2/c1-3-17-12(16)13(2)9-14(13,10-15)11-7-5-4-6-8-11/h4-8H,3,9-10H2,1-2H3/t13-,14+/m0/s1. The van der Waals surface area contributed by atoms with Gasteiger partial charge in [0.15, 0.2) is 0 Å². The van der Waals surface area contributed by atoms with E-state index in [9.17, 15) is 4.79 Å². The highest BCUT2D eigenvalue weighted by molar-refractivity contribution is 9.09. The molecule has 0 spiro atoms. The number of benzene rings is 1. The van der Waals surface area contributed by atoms with E-state index in [2.05, 4.69) is 28.1 Å². The summed E-state index contributed by atoms with van der Waals surface area (Å²) in [4.78, 5) is 12.0. The average molecular weight is 297 g/mol. The third-order valence-corrected chi connectivity index (χ3v) is 4.82. The normalized spacial score (nSPS) is 31.0. The Hall–Kier alpha value is -0.830. The molecule has 1 fully saturated rings. The molecule has 1 aliphatic rings. The Morgan fingerprint density at radius 2 is 2.06 bits per heavy atom. The van der Waals surface area contributed by atoms with Crippen molar-refractivity contribution in [2.45, 2.75) is 25.7 Å². The first-order chi connectivity index (χ1) is 8.10. The number of carbonyl (C=O) groups excluding carboxylic acids is 1. The van der Waals surface area contributed by atoms with Gasteiger partial charge in [-0.05, 0) is 25.8 Å². The summed E-state index contributed by atoms with van der Waals surface area (Å²) in [5.41, 5.74) is 0.737. The molecule has 3 heteroatoms. The Labute approximate surface area is 110 Å². The monoisotopic (exact) mass is 296 g/mol. The second-order valence-corrected chi connectivity index (χ2v) is 5.37. The van der Waals surface area contributed by atoms with Crippen LogP contribution in [0.1, 0.15) is 25.8 Å². The molecule has 1 aromatic carbocycles. The fourth-order valence-electron chi connectivity index (χ4n) is 2.57. The first-order valence-electron chi connectivity index (χ1n) is 5.89. The van der Waals surface area contributed by atoms with E-state index in [0.29, 0.717) is 6.61 Å². The lowest BCUT2D eigenvalue weighted by atomic mass is 9.89. The largest absolute Gasteiger partial charge is 0.466 e. The highest BCUT2D eigenvalue weighted by Gasteiger charge is 2.69. The zero-order chi connectivity index (χ0) is 12.5. The van der Waals surface area contributed by atoms with Crippen LogP contribution in [0.5, 0.6) is 0 Å². The Kier molecular flexibility index (Phi) is 3.30. The second kappa shape index (κ2) is 4.45. The first-order valence-corrected chi connectivity index (χ1v) is 7.01. The maximum absolute atomic E-state index is 12.0. The Morgan fingerprint density at radius 1 is 1.41 bits per heavy atom. The predicted molar refractivity (Wildman–Crippen MR) is 71.3 cm³/mol. The van der Waals surface area contributed by atoms with Crippen molar-refractivity contribution >= 4 is 21.9 Å². The van der Waals surface area contributed by atoms with E-state index in [1.54, 1.807) is 0 Å². The van der Waals surface area contributed by atoms with Crippen LogP contribution in [-0.2, 0) is 14.9 Å². The van der Waals surface area contributed by atoms with Crippen molar-refractivity contribution in [1.82, 2.24) is 0 Å². The van der Waals surface area contributed by atoms with Crippen LogP contribution < -0.4 is 0 Å². The number of rotatable bonds is 4. The van der Waals surface area contributed by atoms with Crippen molar-refractivity contribution in [3.05, 3.63) is 35.9 Å². The molecule has 2 nitrogen and oxygen atoms in total. The van der Waals surface area contributed by atoms with Crippen LogP contribution in [0.2, 0.25) is 0 Å². The zero-order valence-corrected chi connectivity index (χ0v) is 11.8. The van der Waals surface area contributed by atoms with Crippen LogP contribution in [0.25, 0.3) is 0 Å². The van der Waals surface area contributed by atoms with E-state index in [4.69, 9.17) is 4.74 Å². The molecule has 0 saturated heterocycles. The molecule has 0 radical (unpaired) electrons. The minimum absolute atomic E-state index is 0.0803. The third kappa shape index (κ3) is 1.81. The van der Waals surface area contributed by atoms with E-state index in [-0.39, 0.29) is 16.8 Å². The lowest BCUT2D eigenvalue weighted by Crippen LogP contribution is -2.27. The molecule has 17 heavy (non-hydrogen) atoms. The van der Waals surface area contributed by atoms with Gasteiger partial charge in [-0.2, -0.15) is 0 Å². The van der Waals surface area contributed by atoms with Gasteiger partial charge in [0, 0.05) is 10.7 Å². The fraction of sp³-hybridized carbons (Fsp3) is 0.500. The van der Waals surface area contributed by atoms with Gasteiger partial charge < -0.3 is 4.74 Å². The van der Waals surface area contributed by atoms with Crippen molar-refractivity contribution in [3.8, 4) is 0 Å². The molecular formula is C14H17BrO2. The van der Waals surface area contributed by atoms with Gasteiger partial charge in [0.1, 0.15) is 0 Å². The molecule has 0 amide bonds. The predicted octanol–water partition coefficient (Wildman–Crippen LogP) is 3.29. The molecule has 2 rings (SSSR count). The quantitative estimate of drug-likeness (QED) is 0.629. The van der Waals surface area contributed by atoms with E-state index >= 15 is 0 Å². The van der Waals surface area contributed by atoms with Crippen LogP contribution in [0.3, 0.4) is 0 Å². The molecule has 92 valence electrons. The molecule has 0 N–H and O–H groups in total.